The summed E-state index contributed by atoms with van der Waals surface area (Å²) in [7, 11) is 0. The smallest absolute Gasteiger partial charge is 0.224 e. The highest BCUT2D eigenvalue weighted by Gasteiger charge is 2.21. The van der Waals surface area contributed by atoms with Crippen molar-refractivity contribution in [3.63, 3.8) is 0 Å². The highest BCUT2D eigenvalue weighted by Crippen LogP contribution is 2.18. The summed E-state index contributed by atoms with van der Waals surface area (Å²) in [6.45, 7) is 6.89. The molecule has 0 saturated carbocycles. The number of rotatable bonds is 6. The molecule has 0 aliphatic heterocycles. The van der Waals surface area contributed by atoms with Crippen molar-refractivity contribution in [3.05, 3.63) is 35.9 Å². The Balaban J connectivity index is 2.48. The number of carbonyl (C=O) groups is 1. The maximum absolute atomic E-state index is 11.9. The van der Waals surface area contributed by atoms with Crippen molar-refractivity contribution in [3.8, 4) is 0 Å². The van der Waals surface area contributed by atoms with Crippen molar-refractivity contribution >= 4 is 5.91 Å². The monoisotopic (exact) mass is 248 g/mol. The number of nitrogens with one attached hydrogen (secondary N) is 1. The minimum Gasteiger partial charge on any atom is -0.356 e. The van der Waals surface area contributed by atoms with Gasteiger partial charge in [0.25, 0.3) is 0 Å². The third-order valence-corrected chi connectivity index (χ3v) is 3.16. The van der Waals surface area contributed by atoms with E-state index in [1.807, 2.05) is 37.3 Å². The molecule has 2 unspecified atom stereocenters. The molecule has 0 saturated heterocycles. The maximum atomic E-state index is 11.9. The number of amides is 1. The van der Waals surface area contributed by atoms with Crippen LogP contribution in [0.2, 0.25) is 0 Å². The second-order valence-electron chi connectivity index (χ2n) is 5.20. The number of benzene rings is 1. The van der Waals surface area contributed by atoms with Crippen LogP contribution in [0.15, 0.2) is 30.3 Å². The molecule has 1 aromatic carbocycles. The zero-order valence-corrected chi connectivity index (χ0v) is 11.5. The van der Waals surface area contributed by atoms with Crippen molar-refractivity contribution in [1.82, 2.24) is 5.32 Å². The minimum atomic E-state index is -0.245. The van der Waals surface area contributed by atoms with E-state index in [2.05, 4.69) is 19.2 Å². The molecule has 3 heteroatoms. The molecule has 1 aromatic rings. The highest BCUT2D eigenvalue weighted by molar-refractivity contribution is 5.79. The Morgan fingerprint density at radius 3 is 2.39 bits per heavy atom. The highest BCUT2D eigenvalue weighted by atomic mass is 16.1. The molecule has 0 bridgehead atoms. The summed E-state index contributed by atoms with van der Waals surface area (Å²) in [5, 5.41) is 2.95. The second-order valence-corrected chi connectivity index (χ2v) is 5.20. The van der Waals surface area contributed by atoms with Gasteiger partial charge in [0.15, 0.2) is 0 Å². The van der Waals surface area contributed by atoms with Crippen LogP contribution in [0.4, 0.5) is 0 Å². The predicted molar refractivity (Wildman–Crippen MR) is 75.0 cm³/mol. The van der Waals surface area contributed by atoms with Gasteiger partial charge in [0, 0.05) is 12.6 Å². The van der Waals surface area contributed by atoms with Gasteiger partial charge in [-0.3, -0.25) is 4.79 Å². The normalized spacial score (nSPS) is 14.3. The van der Waals surface area contributed by atoms with Crippen LogP contribution in [0.5, 0.6) is 0 Å². The quantitative estimate of drug-likeness (QED) is 0.812. The van der Waals surface area contributed by atoms with E-state index in [4.69, 9.17) is 5.73 Å². The summed E-state index contributed by atoms with van der Waals surface area (Å²) in [6.07, 6.45) is 0.999. The van der Waals surface area contributed by atoms with Gasteiger partial charge in [0.05, 0.1) is 5.92 Å². The van der Waals surface area contributed by atoms with E-state index in [1.165, 1.54) is 0 Å². The van der Waals surface area contributed by atoms with Gasteiger partial charge in [-0.05, 0) is 17.9 Å². The van der Waals surface area contributed by atoms with Gasteiger partial charge in [-0.15, -0.1) is 0 Å². The first-order chi connectivity index (χ1) is 8.52. The van der Waals surface area contributed by atoms with E-state index >= 15 is 0 Å². The van der Waals surface area contributed by atoms with Crippen molar-refractivity contribution in [2.24, 2.45) is 17.6 Å². The van der Waals surface area contributed by atoms with Crippen LogP contribution in [0.25, 0.3) is 0 Å². The predicted octanol–water partition coefficient (Wildman–Crippen LogP) is 2.48. The number of hydrogen-bond acceptors (Lipinski definition) is 2. The van der Waals surface area contributed by atoms with Gasteiger partial charge >= 0.3 is 0 Å². The Morgan fingerprint density at radius 1 is 1.22 bits per heavy atom. The van der Waals surface area contributed by atoms with Crippen molar-refractivity contribution in [2.45, 2.75) is 33.2 Å². The Hall–Kier alpha value is -1.35. The molecular weight excluding hydrogens is 224 g/mol. The Morgan fingerprint density at radius 2 is 1.83 bits per heavy atom. The van der Waals surface area contributed by atoms with Gasteiger partial charge in [-0.2, -0.15) is 0 Å². The number of nitrogens with two attached hydrogens (primary N) is 1. The average Bonchev–Trinajstić information content (AvgIpc) is 2.37. The second kappa shape index (κ2) is 7.17. The SMILES string of the molecule is CC(C)CCNC(=O)C(C)C(N)c1ccccc1. The van der Waals surface area contributed by atoms with Crippen molar-refractivity contribution in [1.29, 1.82) is 0 Å². The number of hydrogen-bond donors (Lipinski definition) is 2. The first-order valence-corrected chi connectivity index (χ1v) is 6.60. The molecule has 3 N–H and O–H groups in total. The minimum absolute atomic E-state index is 0.0343. The summed E-state index contributed by atoms with van der Waals surface area (Å²) >= 11 is 0. The average molecular weight is 248 g/mol. The molecule has 1 rings (SSSR count). The Bertz CT molecular complexity index is 362. The van der Waals surface area contributed by atoms with E-state index in [0.717, 1.165) is 18.5 Å². The van der Waals surface area contributed by atoms with Gasteiger partial charge in [-0.1, -0.05) is 51.1 Å². The summed E-state index contributed by atoms with van der Waals surface area (Å²) in [5.41, 5.74) is 7.11. The lowest BCUT2D eigenvalue weighted by Gasteiger charge is -2.20. The summed E-state index contributed by atoms with van der Waals surface area (Å²) in [5.74, 6) is 0.426. The fourth-order valence-electron chi connectivity index (χ4n) is 1.77. The first kappa shape index (κ1) is 14.7. The van der Waals surface area contributed by atoms with E-state index in [9.17, 15) is 4.79 Å². The van der Waals surface area contributed by atoms with E-state index in [-0.39, 0.29) is 17.9 Å². The third kappa shape index (κ3) is 4.49. The van der Waals surface area contributed by atoms with Crippen LogP contribution in [0, 0.1) is 11.8 Å². The Labute approximate surface area is 110 Å². The molecule has 1 amide bonds. The number of carbonyl (C=O) groups excluding carboxylic acids is 1. The molecule has 2 atom stereocenters. The molecular formula is C15H24N2O. The Kier molecular flexibility index (Phi) is 5.86. The molecule has 0 spiro atoms. The molecule has 100 valence electrons. The van der Waals surface area contributed by atoms with Crippen molar-refractivity contribution in [2.75, 3.05) is 6.54 Å². The van der Waals surface area contributed by atoms with E-state index in [0.29, 0.717) is 5.92 Å². The largest absolute Gasteiger partial charge is 0.356 e. The van der Waals surface area contributed by atoms with Gasteiger partial charge < -0.3 is 11.1 Å². The zero-order chi connectivity index (χ0) is 13.5. The van der Waals surface area contributed by atoms with Crippen LogP contribution in [0.3, 0.4) is 0 Å². The molecule has 0 radical (unpaired) electrons. The summed E-state index contributed by atoms with van der Waals surface area (Å²) in [4.78, 5) is 11.9. The zero-order valence-electron chi connectivity index (χ0n) is 11.5. The molecule has 0 aliphatic carbocycles. The fourth-order valence-corrected chi connectivity index (χ4v) is 1.77. The van der Waals surface area contributed by atoms with Crippen LogP contribution in [-0.4, -0.2) is 12.5 Å². The summed E-state index contributed by atoms with van der Waals surface area (Å²) in [6, 6.07) is 9.51. The van der Waals surface area contributed by atoms with E-state index in [1.54, 1.807) is 0 Å². The fraction of sp³-hybridized carbons (Fsp3) is 0.533. The van der Waals surface area contributed by atoms with Crippen LogP contribution in [-0.2, 0) is 4.79 Å². The third-order valence-electron chi connectivity index (χ3n) is 3.16. The summed E-state index contributed by atoms with van der Waals surface area (Å²) < 4.78 is 0. The van der Waals surface area contributed by atoms with Crippen molar-refractivity contribution < 1.29 is 4.79 Å². The van der Waals surface area contributed by atoms with Gasteiger partial charge in [0.2, 0.25) is 5.91 Å². The molecule has 3 nitrogen and oxygen atoms in total. The topological polar surface area (TPSA) is 55.1 Å². The van der Waals surface area contributed by atoms with Crippen LogP contribution >= 0.6 is 0 Å². The lowest BCUT2D eigenvalue weighted by atomic mass is 9.94. The first-order valence-electron chi connectivity index (χ1n) is 6.60. The molecule has 0 aliphatic rings. The standard InChI is InChI=1S/C15H24N2O/c1-11(2)9-10-17-15(18)12(3)14(16)13-7-5-4-6-8-13/h4-8,11-12,14H,9-10,16H2,1-3H3,(H,17,18). The van der Waals surface area contributed by atoms with Crippen LogP contribution in [0.1, 0.15) is 38.8 Å². The molecule has 0 heterocycles. The lowest BCUT2D eigenvalue weighted by molar-refractivity contribution is -0.125. The lowest BCUT2D eigenvalue weighted by Crippen LogP contribution is -2.36. The van der Waals surface area contributed by atoms with E-state index < -0.39 is 0 Å². The van der Waals surface area contributed by atoms with Gasteiger partial charge in [0.1, 0.15) is 0 Å². The molecule has 0 fully saturated rings. The van der Waals surface area contributed by atoms with Crippen LogP contribution < -0.4 is 11.1 Å². The maximum Gasteiger partial charge on any atom is 0.224 e. The molecule has 18 heavy (non-hydrogen) atoms. The molecule has 0 aromatic heterocycles. The van der Waals surface area contributed by atoms with Gasteiger partial charge in [-0.25, -0.2) is 0 Å².